The number of fused-ring (bicyclic) bond motifs is 1. The van der Waals surface area contributed by atoms with Crippen molar-refractivity contribution in [3.05, 3.63) is 59.9 Å². The highest BCUT2D eigenvalue weighted by atomic mass is 19.4. The number of aryl methyl sites for hydroxylation is 1. The van der Waals surface area contributed by atoms with Gasteiger partial charge in [-0.05, 0) is 32.3 Å². The van der Waals surface area contributed by atoms with Crippen molar-refractivity contribution in [1.29, 1.82) is 0 Å². The predicted octanol–water partition coefficient (Wildman–Crippen LogP) is 5.78. The number of nitrogens with zero attached hydrogens (tertiary/aromatic N) is 8. The molecule has 1 aliphatic carbocycles. The van der Waals surface area contributed by atoms with E-state index in [9.17, 15) is 13.2 Å². The van der Waals surface area contributed by atoms with Gasteiger partial charge in [0, 0.05) is 37.3 Å². The third kappa shape index (κ3) is 5.19. The molecule has 212 valence electrons. The van der Waals surface area contributed by atoms with Crippen molar-refractivity contribution in [3.8, 4) is 28.7 Å². The van der Waals surface area contributed by atoms with Gasteiger partial charge in [-0.1, -0.05) is 24.3 Å². The minimum Gasteiger partial charge on any atom is -0.480 e. The van der Waals surface area contributed by atoms with E-state index in [-0.39, 0.29) is 11.9 Å². The van der Waals surface area contributed by atoms with Gasteiger partial charge < -0.3 is 14.6 Å². The molecule has 41 heavy (non-hydrogen) atoms. The maximum absolute atomic E-state index is 13.3. The number of alkyl halides is 3. The van der Waals surface area contributed by atoms with Crippen LogP contribution in [0.2, 0.25) is 0 Å². The fraction of sp³-hybridized carbons (Fsp3) is 0.357. The van der Waals surface area contributed by atoms with Crippen LogP contribution in [0.5, 0.6) is 5.88 Å². The lowest BCUT2D eigenvalue weighted by Gasteiger charge is -2.13. The molecule has 4 aromatic heterocycles. The summed E-state index contributed by atoms with van der Waals surface area (Å²) >= 11 is 0. The second kappa shape index (κ2) is 10.1. The molecule has 13 heteroatoms. The van der Waals surface area contributed by atoms with E-state index in [1.165, 1.54) is 10.9 Å². The molecule has 0 spiro atoms. The highest BCUT2D eigenvalue weighted by Gasteiger charge is 2.35. The molecule has 1 aliphatic rings. The van der Waals surface area contributed by atoms with Crippen molar-refractivity contribution in [3.63, 3.8) is 0 Å². The summed E-state index contributed by atoms with van der Waals surface area (Å²) in [6.45, 7) is 4.04. The van der Waals surface area contributed by atoms with Crippen LogP contribution < -0.4 is 10.1 Å². The minimum absolute atomic E-state index is 0.184. The van der Waals surface area contributed by atoms with Crippen LogP contribution in [-0.2, 0) is 19.8 Å². The number of imidazole rings is 1. The quantitative estimate of drug-likeness (QED) is 0.253. The van der Waals surface area contributed by atoms with E-state index in [0.717, 1.165) is 30.3 Å². The van der Waals surface area contributed by atoms with E-state index in [4.69, 9.17) is 14.7 Å². The number of ether oxygens (including phenoxy) is 1. The first kappa shape index (κ1) is 26.7. The van der Waals surface area contributed by atoms with Gasteiger partial charge in [0.15, 0.2) is 22.9 Å². The summed E-state index contributed by atoms with van der Waals surface area (Å²) in [5.41, 5.74) is 3.40. The summed E-state index contributed by atoms with van der Waals surface area (Å²) in [5.74, 6) is 1.99. The summed E-state index contributed by atoms with van der Waals surface area (Å²) < 4.78 is 48.7. The lowest BCUT2D eigenvalue weighted by Crippen LogP contribution is -2.07. The van der Waals surface area contributed by atoms with Gasteiger partial charge in [0.05, 0.1) is 19.0 Å². The maximum Gasteiger partial charge on any atom is 0.434 e. The monoisotopic (exact) mass is 563 g/mol. The fourth-order valence-corrected chi connectivity index (χ4v) is 4.77. The highest BCUT2D eigenvalue weighted by Crippen LogP contribution is 2.45. The number of nitrogens with one attached hydrogen (secondary N) is 1. The molecule has 6 rings (SSSR count). The van der Waals surface area contributed by atoms with Gasteiger partial charge in [-0.2, -0.15) is 18.3 Å². The van der Waals surface area contributed by atoms with Crippen LogP contribution in [0.25, 0.3) is 33.8 Å². The van der Waals surface area contributed by atoms with Crippen molar-refractivity contribution < 1.29 is 17.9 Å². The van der Waals surface area contributed by atoms with Crippen molar-refractivity contribution in [2.75, 3.05) is 12.4 Å². The van der Waals surface area contributed by atoms with E-state index in [0.29, 0.717) is 52.1 Å². The van der Waals surface area contributed by atoms with Crippen LogP contribution >= 0.6 is 0 Å². The van der Waals surface area contributed by atoms with E-state index in [1.54, 1.807) is 23.9 Å². The Bertz CT molecular complexity index is 1720. The molecule has 0 saturated heterocycles. The summed E-state index contributed by atoms with van der Waals surface area (Å²) in [4.78, 5) is 22.3. The summed E-state index contributed by atoms with van der Waals surface area (Å²) in [6.07, 6.45) is 1.94. The third-order valence-corrected chi connectivity index (χ3v) is 6.95. The van der Waals surface area contributed by atoms with Crippen LogP contribution in [0.3, 0.4) is 0 Å². The zero-order valence-corrected chi connectivity index (χ0v) is 22.9. The number of hydrogen-bond acceptors (Lipinski definition) is 8. The minimum atomic E-state index is -4.51. The molecule has 0 amide bonds. The standard InChI is InChI=1S/C28H28F3N9O/c1-15(2)40-13-20(28(29,30)31)36-26(40)18-7-5-16(6-8-18)11-32-25-23-19(12-39(3)38-23)35-24(37-25)21-22(17-9-10-17)33-14-34-27(21)41-4/h5-8,12-15,17H,9-11H2,1-4H3,(H,32,35,37). The molecule has 0 atom stereocenters. The Kier molecular flexibility index (Phi) is 6.59. The average molecular weight is 564 g/mol. The van der Waals surface area contributed by atoms with Gasteiger partial charge in [0.25, 0.3) is 0 Å². The summed E-state index contributed by atoms with van der Waals surface area (Å²) in [5, 5.41) is 7.90. The molecule has 4 heterocycles. The molecule has 0 radical (unpaired) electrons. The van der Waals surface area contributed by atoms with E-state index < -0.39 is 11.9 Å². The second-order valence-corrected chi connectivity index (χ2v) is 10.3. The molecule has 10 nitrogen and oxygen atoms in total. The Morgan fingerprint density at radius 1 is 1.05 bits per heavy atom. The molecule has 1 saturated carbocycles. The number of hydrogen-bond donors (Lipinski definition) is 1. The Morgan fingerprint density at radius 3 is 2.46 bits per heavy atom. The zero-order chi connectivity index (χ0) is 28.9. The molecule has 1 N–H and O–H groups in total. The second-order valence-electron chi connectivity index (χ2n) is 10.3. The lowest BCUT2D eigenvalue weighted by atomic mass is 10.1. The van der Waals surface area contributed by atoms with Gasteiger partial charge in [0.1, 0.15) is 23.2 Å². The molecule has 1 aromatic carbocycles. The zero-order valence-electron chi connectivity index (χ0n) is 22.9. The van der Waals surface area contributed by atoms with Crippen molar-refractivity contribution in [1.82, 2.24) is 39.3 Å². The number of anilines is 1. The first-order valence-corrected chi connectivity index (χ1v) is 13.2. The molecular formula is C28H28F3N9O. The van der Waals surface area contributed by atoms with Gasteiger partial charge >= 0.3 is 6.18 Å². The van der Waals surface area contributed by atoms with Crippen molar-refractivity contribution in [2.45, 2.75) is 51.4 Å². The van der Waals surface area contributed by atoms with Crippen LogP contribution in [0.4, 0.5) is 19.0 Å². The summed E-state index contributed by atoms with van der Waals surface area (Å²) in [7, 11) is 3.38. The number of rotatable bonds is 8. The SMILES string of the molecule is COc1ncnc(C2CC2)c1-c1nc(NCc2ccc(-c3nc(C(F)(F)F)cn3C(C)C)cc2)c2nn(C)cc2n1. The number of benzene rings is 1. The van der Waals surface area contributed by atoms with Gasteiger partial charge in [-0.3, -0.25) is 4.68 Å². The molecular weight excluding hydrogens is 535 g/mol. The first-order valence-electron chi connectivity index (χ1n) is 13.2. The van der Waals surface area contributed by atoms with Gasteiger partial charge in [-0.15, -0.1) is 0 Å². The fourth-order valence-electron chi connectivity index (χ4n) is 4.77. The first-order chi connectivity index (χ1) is 19.6. The largest absolute Gasteiger partial charge is 0.480 e. The van der Waals surface area contributed by atoms with Crippen LogP contribution in [0, 0.1) is 0 Å². The molecule has 1 fully saturated rings. The Morgan fingerprint density at radius 2 is 1.80 bits per heavy atom. The van der Waals surface area contributed by atoms with Crippen molar-refractivity contribution >= 4 is 16.9 Å². The number of methoxy groups -OCH3 is 1. The average Bonchev–Trinajstić information content (AvgIpc) is 3.56. The highest BCUT2D eigenvalue weighted by molar-refractivity contribution is 5.87. The summed E-state index contributed by atoms with van der Waals surface area (Å²) in [6, 6.07) is 7.07. The number of halogens is 3. The molecule has 0 bridgehead atoms. The van der Waals surface area contributed by atoms with E-state index in [2.05, 4.69) is 25.4 Å². The topological polar surface area (TPSA) is 108 Å². The van der Waals surface area contributed by atoms with E-state index in [1.807, 2.05) is 39.2 Å². The Labute approximate surface area is 233 Å². The molecule has 0 unspecified atom stereocenters. The smallest absolute Gasteiger partial charge is 0.434 e. The predicted molar refractivity (Wildman–Crippen MR) is 146 cm³/mol. The van der Waals surface area contributed by atoms with E-state index >= 15 is 0 Å². The van der Waals surface area contributed by atoms with Crippen LogP contribution in [0.15, 0.2) is 43.0 Å². The third-order valence-electron chi connectivity index (χ3n) is 6.95. The van der Waals surface area contributed by atoms with Crippen LogP contribution in [-0.4, -0.2) is 46.4 Å². The molecule has 5 aromatic rings. The molecule has 0 aliphatic heterocycles. The number of aromatic nitrogens is 8. The maximum atomic E-state index is 13.3. The van der Waals surface area contributed by atoms with Crippen LogP contribution in [0.1, 0.15) is 55.6 Å². The van der Waals surface area contributed by atoms with Crippen molar-refractivity contribution in [2.24, 2.45) is 7.05 Å². The van der Waals surface area contributed by atoms with Gasteiger partial charge in [-0.25, -0.2) is 24.9 Å². The lowest BCUT2D eigenvalue weighted by molar-refractivity contribution is -0.140. The van der Waals surface area contributed by atoms with Gasteiger partial charge in [0.2, 0.25) is 5.88 Å². The normalized spacial score (nSPS) is 13.8. The Balaban J connectivity index is 1.31. The Hall–Kier alpha value is -4.55.